The molecule has 0 aliphatic carbocycles. The Hall–Kier alpha value is -2.56. The maximum absolute atomic E-state index is 9.66. The van der Waals surface area contributed by atoms with Crippen LogP contribution in [0.25, 0.3) is 10.8 Å². The van der Waals surface area contributed by atoms with Crippen LogP contribution in [0.5, 0.6) is 11.5 Å². The van der Waals surface area contributed by atoms with Crippen molar-refractivity contribution in [3.8, 4) is 11.5 Å². The number of nitrogens with zero attached hydrogens (tertiary/aromatic N) is 1. The maximum Gasteiger partial charge on any atom is 0.123 e. The molecule has 1 unspecified atom stereocenters. The molecule has 0 spiro atoms. The van der Waals surface area contributed by atoms with E-state index in [9.17, 15) is 5.11 Å². The van der Waals surface area contributed by atoms with Gasteiger partial charge >= 0.3 is 0 Å². The molecular formula is C28H37NO3. The van der Waals surface area contributed by atoms with Crippen LogP contribution in [0, 0.1) is 0 Å². The Bertz CT molecular complexity index is 972. The topological polar surface area (TPSA) is 41.9 Å². The van der Waals surface area contributed by atoms with Crippen LogP contribution < -0.4 is 9.47 Å². The monoisotopic (exact) mass is 435 g/mol. The number of rotatable bonds is 11. The van der Waals surface area contributed by atoms with Crippen molar-refractivity contribution >= 4 is 10.8 Å². The van der Waals surface area contributed by atoms with Gasteiger partial charge in [-0.1, -0.05) is 42.5 Å². The summed E-state index contributed by atoms with van der Waals surface area (Å²) in [5.74, 6) is 1.72. The predicted molar refractivity (Wildman–Crippen MR) is 133 cm³/mol. The number of aliphatic hydroxyl groups excluding tert-OH is 1. The third-order valence-electron chi connectivity index (χ3n) is 5.73. The molecule has 32 heavy (non-hydrogen) atoms. The average Bonchev–Trinajstić information content (AvgIpc) is 2.76. The quantitative estimate of drug-likeness (QED) is 0.420. The summed E-state index contributed by atoms with van der Waals surface area (Å²) in [4.78, 5) is 2.43. The van der Waals surface area contributed by atoms with Gasteiger partial charge in [-0.05, 0) is 69.2 Å². The molecule has 3 aromatic carbocycles. The Morgan fingerprint density at radius 1 is 0.812 bits per heavy atom. The third-order valence-corrected chi connectivity index (χ3v) is 5.73. The Morgan fingerprint density at radius 2 is 1.50 bits per heavy atom. The molecule has 1 atom stereocenters. The highest BCUT2D eigenvalue weighted by Gasteiger charge is 2.13. The zero-order chi connectivity index (χ0) is 23.1. The van der Waals surface area contributed by atoms with Crippen LogP contribution >= 0.6 is 0 Å². The molecule has 1 N–H and O–H groups in total. The van der Waals surface area contributed by atoms with E-state index in [0.717, 1.165) is 30.0 Å². The first kappa shape index (κ1) is 24.1. The van der Waals surface area contributed by atoms with Crippen LogP contribution in [-0.4, -0.2) is 48.0 Å². The molecule has 4 heteroatoms. The van der Waals surface area contributed by atoms with Crippen molar-refractivity contribution in [2.45, 2.75) is 59.2 Å². The van der Waals surface area contributed by atoms with Gasteiger partial charge in [0.1, 0.15) is 24.7 Å². The summed E-state index contributed by atoms with van der Waals surface area (Å²) in [7, 11) is 0. The summed E-state index contributed by atoms with van der Waals surface area (Å²) in [5, 5.41) is 12.0. The smallest absolute Gasteiger partial charge is 0.123 e. The van der Waals surface area contributed by atoms with Crippen LogP contribution in [-0.2, 0) is 6.42 Å². The first-order chi connectivity index (χ1) is 15.3. The van der Waals surface area contributed by atoms with Crippen molar-refractivity contribution in [1.82, 2.24) is 4.90 Å². The minimum Gasteiger partial charge on any atom is -0.492 e. The number of hydrogen-bond donors (Lipinski definition) is 1. The highest BCUT2D eigenvalue weighted by Crippen LogP contribution is 2.31. The molecule has 0 radical (unpaired) electrons. The minimum atomic E-state index is -0.506. The molecular weight excluding hydrogens is 398 g/mol. The first-order valence-corrected chi connectivity index (χ1v) is 11.6. The summed E-state index contributed by atoms with van der Waals surface area (Å²) in [6.07, 6.45) is 0.249. The van der Waals surface area contributed by atoms with Gasteiger partial charge in [0.25, 0.3) is 0 Å². The van der Waals surface area contributed by atoms with Crippen molar-refractivity contribution in [2.24, 2.45) is 0 Å². The summed E-state index contributed by atoms with van der Waals surface area (Å²) in [6.45, 7) is 12.5. The number of benzene rings is 3. The normalized spacial score (nSPS) is 12.7. The summed E-state index contributed by atoms with van der Waals surface area (Å²) in [6, 6.07) is 21.8. The minimum absolute atomic E-state index is 0.280. The van der Waals surface area contributed by atoms with E-state index >= 15 is 0 Å². The molecule has 3 aromatic rings. The Labute approximate surface area is 192 Å². The molecule has 0 aliphatic rings. The first-order valence-electron chi connectivity index (χ1n) is 11.6. The van der Waals surface area contributed by atoms with Crippen LogP contribution in [0.15, 0.2) is 60.7 Å². The molecule has 0 aliphatic heterocycles. The van der Waals surface area contributed by atoms with Crippen LogP contribution in [0.2, 0.25) is 0 Å². The molecule has 0 saturated heterocycles. The van der Waals surface area contributed by atoms with Gasteiger partial charge < -0.3 is 14.6 Å². The van der Waals surface area contributed by atoms with E-state index in [1.165, 1.54) is 16.3 Å². The van der Waals surface area contributed by atoms with Gasteiger partial charge in [0, 0.05) is 30.6 Å². The van der Waals surface area contributed by atoms with E-state index in [-0.39, 0.29) is 6.61 Å². The fraction of sp³-hybridized carbons (Fsp3) is 0.429. The van der Waals surface area contributed by atoms with Crippen molar-refractivity contribution in [2.75, 3.05) is 19.8 Å². The summed E-state index contributed by atoms with van der Waals surface area (Å²) < 4.78 is 11.9. The third kappa shape index (κ3) is 6.47. The lowest BCUT2D eigenvalue weighted by Crippen LogP contribution is -2.39. The molecule has 0 fully saturated rings. The van der Waals surface area contributed by atoms with E-state index in [0.29, 0.717) is 18.7 Å². The zero-order valence-corrected chi connectivity index (χ0v) is 20.0. The molecule has 0 bridgehead atoms. The van der Waals surface area contributed by atoms with Crippen molar-refractivity contribution < 1.29 is 14.6 Å². The van der Waals surface area contributed by atoms with E-state index in [4.69, 9.17) is 9.47 Å². The van der Waals surface area contributed by atoms with Gasteiger partial charge in [-0.3, -0.25) is 4.90 Å². The molecule has 0 amide bonds. The van der Waals surface area contributed by atoms with E-state index < -0.39 is 6.10 Å². The number of ether oxygens (including phenoxy) is 2. The Balaban J connectivity index is 1.71. The molecule has 0 heterocycles. The standard InChI is InChI=1S/C28H37NO3/c1-20(2)29(21(3)4)16-17-31-25-13-10-23(11-14-25)18-27-26-9-7-6-8-24(26)12-15-28(27)32-19-22(5)30/h6-15,20-22,30H,16-19H2,1-5H3. The highest BCUT2D eigenvalue weighted by atomic mass is 16.5. The number of aliphatic hydroxyl groups is 1. The van der Waals surface area contributed by atoms with E-state index in [1.54, 1.807) is 6.92 Å². The maximum atomic E-state index is 9.66. The predicted octanol–water partition coefficient (Wildman–Crippen LogP) is 5.69. The largest absolute Gasteiger partial charge is 0.492 e. The van der Waals surface area contributed by atoms with Gasteiger partial charge in [0.2, 0.25) is 0 Å². The van der Waals surface area contributed by atoms with Gasteiger partial charge in [-0.15, -0.1) is 0 Å². The fourth-order valence-corrected chi connectivity index (χ4v) is 4.13. The van der Waals surface area contributed by atoms with Crippen LogP contribution in [0.1, 0.15) is 45.7 Å². The molecule has 0 aromatic heterocycles. The average molecular weight is 436 g/mol. The Morgan fingerprint density at radius 3 is 2.16 bits per heavy atom. The second-order valence-corrected chi connectivity index (χ2v) is 9.02. The van der Waals surface area contributed by atoms with Crippen LogP contribution in [0.3, 0.4) is 0 Å². The lowest BCUT2D eigenvalue weighted by atomic mass is 9.97. The highest BCUT2D eigenvalue weighted by molar-refractivity contribution is 5.88. The van der Waals surface area contributed by atoms with Crippen molar-refractivity contribution in [3.05, 3.63) is 71.8 Å². The van der Waals surface area contributed by atoms with Gasteiger partial charge in [-0.25, -0.2) is 0 Å². The van der Waals surface area contributed by atoms with Gasteiger partial charge in [0.15, 0.2) is 0 Å². The summed E-state index contributed by atoms with van der Waals surface area (Å²) >= 11 is 0. The number of fused-ring (bicyclic) bond motifs is 1. The van der Waals surface area contributed by atoms with E-state index in [2.05, 4.69) is 69.0 Å². The summed E-state index contributed by atoms with van der Waals surface area (Å²) in [5.41, 5.74) is 2.34. The second-order valence-electron chi connectivity index (χ2n) is 9.02. The lowest BCUT2D eigenvalue weighted by Gasteiger charge is -2.30. The lowest BCUT2D eigenvalue weighted by molar-refractivity contribution is 0.122. The second kappa shape index (κ2) is 11.3. The van der Waals surface area contributed by atoms with Crippen molar-refractivity contribution in [1.29, 1.82) is 0 Å². The van der Waals surface area contributed by atoms with Gasteiger partial charge in [0.05, 0.1) is 6.10 Å². The molecule has 0 saturated carbocycles. The molecule has 172 valence electrons. The number of hydrogen-bond acceptors (Lipinski definition) is 4. The van der Waals surface area contributed by atoms with Crippen LogP contribution in [0.4, 0.5) is 0 Å². The molecule has 4 nitrogen and oxygen atoms in total. The van der Waals surface area contributed by atoms with Gasteiger partial charge in [-0.2, -0.15) is 0 Å². The SMILES string of the molecule is CC(O)COc1ccc2ccccc2c1Cc1ccc(OCCN(C(C)C)C(C)C)cc1. The van der Waals surface area contributed by atoms with Crippen molar-refractivity contribution in [3.63, 3.8) is 0 Å². The zero-order valence-electron chi connectivity index (χ0n) is 20.0. The molecule has 3 rings (SSSR count). The van der Waals surface area contributed by atoms with E-state index in [1.807, 2.05) is 24.3 Å². The fourth-order valence-electron chi connectivity index (χ4n) is 4.13. The Kier molecular flexibility index (Phi) is 8.54.